The summed E-state index contributed by atoms with van der Waals surface area (Å²) in [5, 5.41) is 18.4. The molecule has 1 atom stereocenters. The summed E-state index contributed by atoms with van der Waals surface area (Å²) in [6, 6.07) is 2.24. The molecule has 0 radical (unpaired) electrons. The first-order chi connectivity index (χ1) is 7.95. The molecule has 0 aliphatic rings. The van der Waals surface area contributed by atoms with Crippen molar-refractivity contribution in [3.8, 4) is 11.8 Å². The Hall–Kier alpha value is -2.38. The molecule has 0 aliphatic carbocycles. The predicted molar refractivity (Wildman–Crippen MR) is 52.3 cm³/mol. The van der Waals surface area contributed by atoms with Crippen molar-refractivity contribution in [1.29, 1.82) is 0 Å². The molecule has 0 spiro atoms. The lowest BCUT2D eigenvalue weighted by molar-refractivity contribution is -0.155. The molecule has 8 nitrogen and oxygen atoms in total. The van der Waals surface area contributed by atoms with Gasteiger partial charge in [-0.2, -0.15) is 0 Å². The number of nitrogens with zero attached hydrogens (tertiary/aromatic N) is 1. The van der Waals surface area contributed by atoms with E-state index < -0.39 is 30.0 Å². The number of hydrogen-bond acceptors (Lipinski definition) is 7. The van der Waals surface area contributed by atoms with Gasteiger partial charge in [0.05, 0.1) is 7.11 Å². The summed E-state index contributed by atoms with van der Waals surface area (Å²) in [5.74, 6) is -1.93. The molecule has 1 unspecified atom stereocenters. The summed E-state index contributed by atoms with van der Waals surface area (Å²) in [6.45, 7) is 1.25. The van der Waals surface area contributed by atoms with Gasteiger partial charge in [0.1, 0.15) is 0 Å². The average molecular weight is 245 g/mol. The minimum atomic E-state index is -1.25. The first kappa shape index (κ1) is 12.7. The molecule has 0 saturated heterocycles. The number of ether oxygens (including phenoxy) is 2. The summed E-state index contributed by atoms with van der Waals surface area (Å²) >= 11 is 0. The van der Waals surface area contributed by atoms with E-state index >= 15 is 0 Å². The lowest BCUT2D eigenvalue weighted by Gasteiger charge is -2.12. The highest BCUT2D eigenvalue weighted by molar-refractivity contribution is 5.77. The zero-order chi connectivity index (χ0) is 13.0. The summed E-state index contributed by atoms with van der Waals surface area (Å²) < 4.78 is 9.14. The Morgan fingerprint density at radius 1 is 1.29 bits per heavy atom. The third kappa shape index (κ3) is 3.03. The van der Waals surface area contributed by atoms with Gasteiger partial charge in [0, 0.05) is 12.1 Å². The smallest absolute Gasteiger partial charge is 0.492 e. The van der Waals surface area contributed by atoms with Crippen LogP contribution >= 0.6 is 0 Å². The number of carbonyl (C=O) groups excluding carboxylic acids is 2. The topological polar surface area (TPSA) is 107 Å². The van der Waals surface area contributed by atoms with Gasteiger partial charge < -0.3 is 24.5 Å². The maximum atomic E-state index is 11.4. The van der Waals surface area contributed by atoms with E-state index in [1.54, 1.807) is 0 Å². The molecule has 1 heterocycles. The zero-order valence-electron chi connectivity index (χ0n) is 9.11. The van der Waals surface area contributed by atoms with E-state index in [4.69, 9.17) is 0 Å². The van der Waals surface area contributed by atoms with Crippen molar-refractivity contribution in [1.82, 2.24) is 4.73 Å². The molecule has 0 fully saturated rings. The number of methoxy groups -OCH3 is 1. The summed E-state index contributed by atoms with van der Waals surface area (Å²) in [4.78, 5) is 26.6. The third-order valence-corrected chi connectivity index (χ3v) is 1.75. The zero-order valence-corrected chi connectivity index (χ0v) is 9.11. The minimum absolute atomic E-state index is 0.471. The second kappa shape index (κ2) is 5.10. The van der Waals surface area contributed by atoms with Crippen molar-refractivity contribution in [3.05, 3.63) is 12.1 Å². The molecule has 94 valence electrons. The van der Waals surface area contributed by atoms with E-state index in [1.807, 2.05) is 0 Å². The Balaban J connectivity index is 2.63. The van der Waals surface area contributed by atoms with Crippen LogP contribution in [0.5, 0.6) is 11.8 Å². The molecule has 0 amide bonds. The van der Waals surface area contributed by atoms with Gasteiger partial charge in [0.25, 0.3) is 0 Å². The maximum Gasteiger partial charge on any atom is 0.508 e. The van der Waals surface area contributed by atoms with E-state index in [0.29, 0.717) is 4.73 Å². The van der Waals surface area contributed by atoms with Crippen LogP contribution in [0.2, 0.25) is 0 Å². The largest absolute Gasteiger partial charge is 0.508 e. The van der Waals surface area contributed by atoms with Gasteiger partial charge in [-0.25, -0.2) is 9.59 Å². The fraction of sp³-hybridized carbons (Fsp3) is 0.333. The number of hydrogen-bond donors (Lipinski definition) is 2. The van der Waals surface area contributed by atoms with Gasteiger partial charge in [-0.15, -0.1) is 4.73 Å². The average Bonchev–Trinajstić information content (AvgIpc) is 2.60. The third-order valence-electron chi connectivity index (χ3n) is 1.75. The fourth-order valence-corrected chi connectivity index (χ4v) is 0.900. The van der Waals surface area contributed by atoms with Crippen molar-refractivity contribution < 1.29 is 34.1 Å². The Labute approximate surface area is 95.9 Å². The number of aromatic hydroxyl groups is 2. The molecule has 0 saturated carbocycles. The van der Waals surface area contributed by atoms with Crippen LogP contribution < -0.4 is 4.84 Å². The molecule has 8 heteroatoms. The van der Waals surface area contributed by atoms with Crippen LogP contribution in [0.15, 0.2) is 12.1 Å². The van der Waals surface area contributed by atoms with Crippen LogP contribution in [-0.2, 0) is 14.3 Å². The second-order valence-corrected chi connectivity index (χ2v) is 2.97. The molecular formula is C9H11NO7. The Bertz CT molecular complexity index is 405. The van der Waals surface area contributed by atoms with E-state index in [9.17, 15) is 19.8 Å². The van der Waals surface area contributed by atoms with Crippen LogP contribution in [0.1, 0.15) is 6.92 Å². The summed E-state index contributed by atoms with van der Waals surface area (Å²) in [5.41, 5.74) is 0. The van der Waals surface area contributed by atoms with Crippen LogP contribution in [-0.4, -0.2) is 40.3 Å². The summed E-state index contributed by atoms with van der Waals surface area (Å²) in [6.07, 6.45) is -2.29. The van der Waals surface area contributed by atoms with Gasteiger partial charge >= 0.3 is 12.1 Å². The van der Waals surface area contributed by atoms with E-state index in [1.165, 1.54) is 6.92 Å². The van der Waals surface area contributed by atoms with E-state index in [0.717, 1.165) is 19.2 Å². The monoisotopic (exact) mass is 245 g/mol. The summed E-state index contributed by atoms with van der Waals surface area (Å²) in [7, 11) is 1.09. The molecule has 1 aromatic rings. The standard InChI is InChI=1S/C9H11NO7/c1-5(16-9(14)15-2)8(13)17-10-6(11)3-4-7(10)12/h3-5,11-12H,1-2H3. The van der Waals surface area contributed by atoms with Gasteiger partial charge in [0.2, 0.25) is 17.9 Å². The Morgan fingerprint density at radius 2 is 1.82 bits per heavy atom. The number of rotatable bonds is 3. The lowest BCUT2D eigenvalue weighted by Crippen LogP contribution is -2.32. The Morgan fingerprint density at radius 3 is 2.29 bits per heavy atom. The number of aromatic nitrogens is 1. The highest BCUT2D eigenvalue weighted by atomic mass is 16.8. The fourth-order valence-electron chi connectivity index (χ4n) is 0.900. The highest BCUT2D eigenvalue weighted by Gasteiger charge is 2.22. The SMILES string of the molecule is COC(=O)OC(C)C(=O)On1c(O)ccc1O. The highest BCUT2D eigenvalue weighted by Crippen LogP contribution is 2.18. The normalized spacial score (nSPS) is 11.6. The van der Waals surface area contributed by atoms with E-state index in [-0.39, 0.29) is 0 Å². The van der Waals surface area contributed by atoms with Crippen molar-refractivity contribution in [2.75, 3.05) is 7.11 Å². The van der Waals surface area contributed by atoms with Gasteiger partial charge in [-0.1, -0.05) is 0 Å². The maximum absolute atomic E-state index is 11.4. The van der Waals surface area contributed by atoms with Crippen LogP contribution in [0.4, 0.5) is 4.79 Å². The molecule has 2 N–H and O–H groups in total. The van der Waals surface area contributed by atoms with Crippen LogP contribution in [0.25, 0.3) is 0 Å². The van der Waals surface area contributed by atoms with Gasteiger partial charge in [-0.3, -0.25) is 0 Å². The van der Waals surface area contributed by atoms with E-state index in [2.05, 4.69) is 14.3 Å². The predicted octanol–water partition coefficient (Wildman–Crippen LogP) is 0.0260. The van der Waals surface area contributed by atoms with Crippen LogP contribution in [0, 0.1) is 0 Å². The molecule has 0 aliphatic heterocycles. The molecule has 1 aromatic heterocycles. The minimum Gasteiger partial charge on any atom is -0.492 e. The van der Waals surface area contributed by atoms with Crippen molar-refractivity contribution in [2.45, 2.75) is 13.0 Å². The van der Waals surface area contributed by atoms with Crippen molar-refractivity contribution in [3.63, 3.8) is 0 Å². The van der Waals surface area contributed by atoms with Crippen molar-refractivity contribution >= 4 is 12.1 Å². The second-order valence-electron chi connectivity index (χ2n) is 2.97. The van der Waals surface area contributed by atoms with Gasteiger partial charge in [0.15, 0.2) is 0 Å². The molecule has 0 bridgehead atoms. The number of carbonyl (C=O) groups is 2. The lowest BCUT2D eigenvalue weighted by atomic mass is 10.4. The van der Waals surface area contributed by atoms with Crippen LogP contribution in [0.3, 0.4) is 0 Å². The van der Waals surface area contributed by atoms with Crippen molar-refractivity contribution in [2.24, 2.45) is 0 Å². The first-order valence-corrected chi connectivity index (χ1v) is 4.52. The quantitative estimate of drug-likeness (QED) is 0.723. The molecule has 17 heavy (non-hydrogen) atoms. The molecule has 0 aromatic carbocycles. The molecule has 1 rings (SSSR count). The Kier molecular flexibility index (Phi) is 3.81. The first-order valence-electron chi connectivity index (χ1n) is 4.52. The molecular weight excluding hydrogens is 234 g/mol. The van der Waals surface area contributed by atoms with Gasteiger partial charge in [-0.05, 0) is 6.92 Å².